The average Bonchev–Trinajstić information content (AvgIpc) is 2.29. The topological polar surface area (TPSA) is 84.2 Å². The minimum atomic E-state index is -0.708. The molecule has 0 aliphatic heterocycles. The van der Waals surface area contributed by atoms with Crippen LogP contribution in [-0.4, -0.2) is 18.0 Å². The van der Waals surface area contributed by atoms with Crippen LogP contribution in [0.15, 0.2) is 30.3 Å². The molecule has 0 spiro atoms. The van der Waals surface area contributed by atoms with Crippen molar-refractivity contribution in [2.75, 3.05) is 0 Å². The highest BCUT2D eigenvalue weighted by atomic mass is 16.2. The van der Waals surface area contributed by atoms with Crippen LogP contribution in [0.3, 0.4) is 0 Å². The molecule has 2 atom stereocenters. The maximum absolute atomic E-state index is 11.7. The number of amides is 3. The molecule has 1 aromatic rings. The summed E-state index contributed by atoms with van der Waals surface area (Å²) in [6.07, 6.45) is 0. The van der Waals surface area contributed by atoms with Gasteiger partial charge >= 0.3 is 6.03 Å². The molecule has 0 fully saturated rings. The Labute approximate surface area is 100 Å². The Bertz CT molecular complexity index is 392. The number of rotatable bonds is 4. The molecule has 0 aromatic heterocycles. The summed E-state index contributed by atoms with van der Waals surface area (Å²) in [4.78, 5) is 22.3. The molecule has 0 saturated carbocycles. The highest BCUT2D eigenvalue weighted by Crippen LogP contribution is 2.10. The fraction of sp³-hybridized carbons (Fsp3) is 0.333. The van der Waals surface area contributed by atoms with Crippen LogP contribution < -0.4 is 16.4 Å². The maximum atomic E-state index is 11.7. The van der Waals surface area contributed by atoms with Gasteiger partial charge in [0.1, 0.15) is 6.04 Å². The molecule has 0 bridgehead atoms. The van der Waals surface area contributed by atoms with Crippen molar-refractivity contribution in [2.24, 2.45) is 5.73 Å². The van der Waals surface area contributed by atoms with E-state index in [4.69, 9.17) is 5.73 Å². The molecular formula is C12H17N3O2. The molecule has 1 rings (SSSR count). The maximum Gasteiger partial charge on any atom is 0.312 e. The van der Waals surface area contributed by atoms with E-state index >= 15 is 0 Å². The Morgan fingerprint density at radius 2 is 1.71 bits per heavy atom. The molecule has 17 heavy (non-hydrogen) atoms. The van der Waals surface area contributed by atoms with E-state index in [1.807, 2.05) is 37.3 Å². The van der Waals surface area contributed by atoms with Crippen molar-refractivity contribution in [1.82, 2.24) is 10.6 Å². The molecule has 92 valence electrons. The van der Waals surface area contributed by atoms with Crippen LogP contribution in [0.4, 0.5) is 4.79 Å². The number of carbonyl (C=O) groups is 2. The highest BCUT2D eigenvalue weighted by Gasteiger charge is 2.16. The molecule has 5 nitrogen and oxygen atoms in total. The van der Waals surface area contributed by atoms with E-state index in [9.17, 15) is 9.59 Å². The van der Waals surface area contributed by atoms with Crippen LogP contribution in [0.2, 0.25) is 0 Å². The monoisotopic (exact) mass is 235 g/mol. The third kappa shape index (κ3) is 4.14. The van der Waals surface area contributed by atoms with Crippen molar-refractivity contribution in [3.63, 3.8) is 0 Å². The van der Waals surface area contributed by atoms with Crippen molar-refractivity contribution in [1.29, 1.82) is 0 Å². The number of nitrogens with two attached hydrogens (primary N) is 1. The molecule has 3 amide bonds. The van der Waals surface area contributed by atoms with E-state index < -0.39 is 12.1 Å². The molecule has 0 aliphatic carbocycles. The number of nitrogens with one attached hydrogen (secondary N) is 2. The lowest BCUT2D eigenvalue weighted by Gasteiger charge is -2.18. The van der Waals surface area contributed by atoms with E-state index in [0.717, 1.165) is 5.56 Å². The molecule has 0 aliphatic rings. The third-order valence-corrected chi connectivity index (χ3v) is 2.41. The number of benzene rings is 1. The first-order chi connectivity index (χ1) is 8.00. The Morgan fingerprint density at radius 3 is 2.24 bits per heavy atom. The highest BCUT2D eigenvalue weighted by molar-refractivity contribution is 5.86. The second-order valence-corrected chi connectivity index (χ2v) is 3.87. The molecule has 0 saturated heterocycles. The zero-order valence-electron chi connectivity index (χ0n) is 9.94. The summed E-state index contributed by atoms with van der Waals surface area (Å²) < 4.78 is 0. The first kappa shape index (κ1) is 13.0. The summed E-state index contributed by atoms with van der Waals surface area (Å²) in [5, 5.41) is 5.12. The van der Waals surface area contributed by atoms with Gasteiger partial charge in [0.25, 0.3) is 0 Å². The number of primary amides is 1. The van der Waals surface area contributed by atoms with Crippen LogP contribution in [0, 0.1) is 0 Å². The molecule has 0 unspecified atom stereocenters. The smallest absolute Gasteiger partial charge is 0.312 e. The van der Waals surface area contributed by atoms with Gasteiger partial charge in [0.15, 0.2) is 0 Å². The normalized spacial score (nSPS) is 13.5. The average molecular weight is 235 g/mol. The van der Waals surface area contributed by atoms with Gasteiger partial charge in [-0.15, -0.1) is 0 Å². The lowest BCUT2D eigenvalue weighted by Crippen LogP contribution is -2.47. The third-order valence-electron chi connectivity index (χ3n) is 2.41. The van der Waals surface area contributed by atoms with Gasteiger partial charge < -0.3 is 16.4 Å². The molecule has 0 radical (unpaired) electrons. The van der Waals surface area contributed by atoms with Crippen molar-refractivity contribution in [3.8, 4) is 0 Å². The van der Waals surface area contributed by atoms with Crippen molar-refractivity contribution in [3.05, 3.63) is 35.9 Å². The standard InChI is InChI=1S/C12H17N3O2/c1-8(10-6-4-3-5-7-10)14-11(16)9(2)15-12(13)17/h3-9H,1-2H3,(H,14,16)(H3,13,15,17)/t8-,9+/m0/s1. The summed E-state index contributed by atoms with van der Waals surface area (Å²) in [5.74, 6) is -0.264. The van der Waals surface area contributed by atoms with Crippen LogP contribution in [0.25, 0.3) is 0 Å². The number of carbonyl (C=O) groups excluding carboxylic acids is 2. The Balaban J connectivity index is 2.54. The van der Waals surface area contributed by atoms with Crippen LogP contribution in [0.5, 0.6) is 0 Å². The zero-order chi connectivity index (χ0) is 12.8. The fourth-order valence-corrected chi connectivity index (χ4v) is 1.44. The van der Waals surface area contributed by atoms with Crippen molar-refractivity contribution < 1.29 is 9.59 Å². The predicted molar refractivity (Wildman–Crippen MR) is 65.2 cm³/mol. The summed E-state index contributed by atoms with van der Waals surface area (Å²) in [6.45, 7) is 3.46. The Kier molecular flexibility index (Phi) is 4.51. The lowest BCUT2D eigenvalue weighted by molar-refractivity contribution is -0.123. The minimum Gasteiger partial charge on any atom is -0.352 e. The van der Waals surface area contributed by atoms with Crippen molar-refractivity contribution in [2.45, 2.75) is 25.9 Å². The van der Waals surface area contributed by atoms with Crippen LogP contribution in [0.1, 0.15) is 25.5 Å². The summed E-state index contributed by atoms with van der Waals surface area (Å²) in [7, 11) is 0. The fourth-order valence-electron chi connectivity index (χ4n) is 1.44. The molecule has 5 heteroatoms. The first-order valence-electron chi connectivity index (χ1n) is 5.42. The quantitative estimate of drug-likeness (QED) is 0.725. The van der Waals surface area contributed by atoms with Crippen LogP contribution >= 0.6 is 0 Å². The summed E-state index contributed by atoms with van der Waals surface area (Å²) >= 11 is 0. The molecule has 1 aromatic carbocycles. The van der Waals surface area contributed by atoms with Gasteiger partial charge in [0.2, 0.25) is 5.91 Å². The summed E-state index contributed by atoms with van der Waals surface area (Å²) in [5.41, 5.74) is 5.95. The van der Waals surface area contributed by atoms with Gasteiger partial charge in [-0.3, -0.25) is 4.79 Å². The largest absolute Gasteiger partial charge is 0.352 e. The van der Waals surface area contributed by atoms with Crippen molar-refractivity contribution >= 4 is 11.9 Å². The van der Waals surface area contributed by atoms with E-state index in [-0.39, 0.29) is 11.9 Å². The van der Waals surface area contributed by atoms with Gasteiger partial charge in [-0.1, -0.05) is 30.3 Å². The minimum absolute atomic E-state index is 0.110. The van der Waals surface area contributed by atoms with E-state index in [0.29, 0.717) is 0 Å². The molecule has 0 heterocycles. The SMILES string of the molecule is C[C@H](NC(=O)[C@@H](C)NC(N)=O)c1ccccc1. The van der Waals surface area contributed by atoms with Crippen LogP contribution in [-0.2, 0) is 4.79 Å². The predicted octanol–water partition coefficient (Wildman–Crippen LogP) is 0.921. The summed E-state index contributed by atoms with van der Waals surface area (Å²) in [6, 6.07) is 8.12. The lowest BCUT2D eigenvalue weighted by atomic mass is 10.1. The number of hydrogen-bond acceptors (Lipinski definition) is 2. The molecular weight excluding hydrogens is 218 g/mol. The van der Waals surface area contributed by atoms with Gasteiger partial charge in [-0.05, 0) is 19.4 Å². The van der Waals surface area contributed by atoms with Gasteiger partial charge in [-0.2, -0.15) is 0 Å². The number of urea groups is 1. The molecule has 4 N–H and O–H groups in total. The number of hydrogen-bond donors (Lipinski definition) is 3. The second kappa shape index (κ2) is 5.89. The van der Waals surface area contributed by atoms with Gasteiger partial charge in [0.05, 0.1) is 6.04 Å². The Morgan fingerprint density at radius 1 is 1.12 bits per heavy atom. The zero-order valence-corrected chi connectivity index (χ0v) is 9.94. The van der Waals surface area contributed by atoms with E-state index in [1.54, 1.807) is 6.92 Å². The van der Waals surface area contributed by atoms with E-state index in [2.05, 4.69) is 10.6 Å². The van der Waals surface area contributed by atoms with Gasteiger partial charge in [0, 0.05) is 0 Å². The first-order valence-corrected chi connectivity index (χ1v) is 5.42. The van der Waals surface area contributed by atoms with Gasteiger partial charge in [-0.25, -0.2) is 4.79 Å². The van der Waals surface area contributed by atoms with E-state index in [1.165, 1.54) is 0 Å². The second-order valence-electron chi connectivity index (χ2n) is 3.87. The Hall–Kier alpha value is -2.04.